The minimum Gasteiger partial charge on any atom is -0.319 e. The van der Waals surface area contributed by atoms with Crippen LogP contribution in [0.2, 0.25) is 0 Å². The van der Waals surface area contributed by atoms with Crippen LogP contribution in [-0.2, 0) is 11.0 Å². The second kappa shape index (κ2) is 9.51. The number of nitrogens with one attached hydrogen (secondary N) is 1. The molecule has 0 saturated heterocycles. The molecule has 3 heterocycles. The highest BCUT2D eigenvalue weighted by Crippen LogP contribution is 2.34. The maximum absolute atomic E-state index is 14.4. The summed E-state index contributed by atoms with van der Waals surface area (Å²) in [7, 11) is -2.39. The molecule has 1 unspecified atom stereocenters. The van der Waals surface area contributed by atoms with Crippen molar-refractivity contribution in [3.63, 3.8) is 0 Å². The van der Waals surface area contributed by atoms with Gasteiger partial charge in [-0.25, -0.2) is 13.9 Å². The van der Waals surface area contributed by atoms with E-state index in [0.29, 0.717) is 28.3 Å². The maximum atomic E-state index is 14.4. The van der Waals surface area contributed by atoms with E-state index in [2.05, 4.69) is 12.2 Å². The van der Waals surface area contributed by atoms with E-state index < -0.39 is 7.14 Å². The lowest BCUT2D eigenvalue weighted by molar-refractivity contribution is 0.536. The molecule has 0 aliphatic carbocycles. The molecule has 4 aromatic rings. The minimum absolute atomic E-state index is 0. The lowest BCUT2D eigenvalue weighted by atomic mass is 10.0. The first-order chi connectivity index (χ1) is 16.6. The van der Waals surface area contributed by atoms with E-state index in [1.54, 1.807) is 65.5 Å². The molecule has 1 aliphatic heterocycles. The van der Waals surface area contributed by atoms with Gasteiger partial charge in [0.25, 0.3) is 0 Å². The number of aryl methyl sites for hydroxylation is 2. The van der Waals surface area contributed by atoms with Crippen molar-refractivity contribution < 1.29 is 8.96 Å². The van der Waals surface area contributed by atoms with E-state index in [1.165, 1.54) is 0 Å². The Morgan fingerprint density at radius 1 is 1.03 bits per heavy atom. The van der Waals surface area contributed by atoms with Gasteiger partial charge in [0.1, 0.15) is 18.8 Å². The van der Waals surface area contributed by atoms with Gasteiger partial charge in [-0.15, -0.1) is 12.4 Å². The molecular formula is C26H30ClFN5O2P. The Morgan fingerprint density at radius 2 is 1.64 bits per heavy atom. The molecule has 190 valence electrons. The summed E-state index contributed by atoms with van der Waals surface area (Å²) in [6.45, 7) is 9.77. The van der Waals surface area contributed by atoms with Crippen molar-refractivity contribution in [1.29, 1.82) is 0 Å². The largest absolute Gasteiger partial charge is 0.338 e. The molecule has 2 aromatic carbocycles. The van der Waals surface area contributed by atoms with Gasteiger partial charge >= 0.3 is 5.69 Å². The van der Waals surface area contributed by atoms with E-state index in [4.69, 9.17) is 5.10 Å². The molecule has 0 fully saturated rings. The highest BCUT2D eigenvalue weighted by atomic mass is 35.5. The fourth-order valence-corrected chi connectivity index (χ4v) is 5.63. The van der Waals surface area contributed by atoms with Gasteiger partial charge in [-0.3, -0.25) is 9.13 Å². The van der Waals surface area contributed by atoms with E-state index in [9.17, 15) is 13.8 Å². The first-order valence-electron chi connectivity index (χ1n) is 11.6. The molecule has 0 amide bonds. The quantitative estimate of drug-likeness (QED) is 0.397. The lowest BCUT2D eigenvalue weighted by Gasteiger charge is -2.21. The molecule has 1 atom stereocenters. The monoisotopic (exact) mass is 529 g/mol. The van der Waals surface area contributed by atoms with Gasteiger partial charge in [0.05, 0.1) is 17.1 Å². The fraction of sp³-hybridized carbons (Fsp3) is 0.308. The topological polar surface area (TPSA) is 73.8 Å². The fourth-order valence-electron chi connectivity index (χ4n) is 4.77. The number of hydrogen-bond acceptors (Lipinski definition) is 4. The molecule has 2 aromatic heterocycles. The summed E-state index contributed by atoms with van der Waals surface area (Å²) >= 11 is 0. The third-order valence-electron chi connectivity index (χ3n) is 6.64. The zero-order valence-electron chi connectivity index (χ0n) is 20.9. The van der Waals surface area contributed by atoms with Crippen LogP contribution in [0.4, 0.5) is 4.39 Å². The van der Waals surface area contributed by atoms with Crippen LogP contribution in [0, 0.1) is 19.7 Å². The molecule has 36 heavy (non-hydrogen) atoms. The number of rotatable bonds is 4. The molecule has 0 bridgehead atoms. The summed E-state index contributed by atoms with van der Waals surface area (Å²) < 4.78 is 31.7. The van der Waals surface area contributed by atoms with Crippen LogP contribution >= 0.6 is 19.5 Å². The highest BCUT2D eigenvalue weighted by Gasteiger charge is 2.29. The van der Waals surface area contributed by atoms with Crippen molar-refractivity contribution in [3.8, 4) is 17.2 Å². The zero-order valence-corrected chi connectivity index (χ0v) is 22.7. The smallest absolute Gasteiger partial charge is 0.319 e. The summed E-state index contributed by atoms with van der Waals surface area (Å²) in [5.41, 5.74) is 4.10. The van der Waals surface area contributed by atoms with Crippen LogP contribution in [-0.4, -0.2) is 38.8 Å². The summed E-state index contributed by atoms with van der Waals surface area (Å²) in [6, 6.07) is 10.8. The first-order valence-corrected chi connectivity index (χ1v) is 14.2. The van der Waals surface area contributed by atoms with Crippen LogP contribution in [0.1, 0.15) is 35.3 Å². The molecule has 10 heteroatoms. The second-order valence-corrected chi connectivity index (χ2v) is 12.8. The van der Waals surface area contributed by atoms with Crippen molar-refractivity contribution in [2.24, 2.45) is 0 Å². The normalized spacial score (nSPS) is 15.4. The van der Waals surface area contributed by atoms with E-state index in [-0.39, 0.29) is 30.0 Å². The van der Waals surface area contributed by atoms with E-state index in [0.717, 1.165) is 29.5 Å². The highest BCUT2D eigenvalue weighted by molar-refractivity contribution is 7.70. The van der Waals surface area contributed by atoms with E-state index >= 15 is 0 Å². The number of halogens is 2. The summed E-state index contributed by atoms with van der Waals surface area (Å²) in [5, 5.41) is 9.10. The van der Waals surface area contributed by atoms with Crippen molar-refractivity contribution in [2.45, 2.75) is 33.2 Å². The lowest BCUT2D eigenvalue weighted by Crippen LogP contribution is -2.30. The number of hydrogen-bond donors (Lipinski definition) is 1. The Labute approximate surface area is 215 Å². The van der Waals surface area contributed by atoms with Crippen molar-refractivity contribution >= 4 is 24.9 Å². The Morgan fingerprint density at radius 3 is 2.25 bits per heavy atom. The van der Waals surface area contributed by atoms with Gasteiger partial charge in [-0.2, -0.15) is 5.10 Å². The number of nitrogens with zero attached hydrogens (tertiary/aromatic N) is 4. The molecule has 0 saturated carbocycles. The van der Waals surface area contributed by atoms with Gasteiger partial charge < -0.3 is 9.88 Å². The Kier molecular flexibility index (Phi) is 6.90. The zero-order chi connectivity index (χ0) is 25.1. The van der Waals surface area contributed by atoms with E-state index in [1.807, 2.05) is 24.3 Å². The molecule has 5 rings (SSSR count). The number of imidazole rings is 1. The molecule has 1 aliphatic rings. The summed E-state index contributed by atoms with van der Waals surface area (Å²) in [4.78, 5) is 13.7. The van der Waals surface area contributed by atoms with Crippen molar-refractivity contribution in [3.05, 3.63) is 87.5 Å². The van der Waals surface area contributed by atoms with Gasteiger partial charge in [0.2, 0.25) is 0 Å². The van der Waals surface area contributed by atoms with Crippen LogP contribution in [0.5, 0.6) is 0 Å². The van der Waals surface area contributed by atoms with Crippen molar-refractivity contribution in [2.75, 3.05) is 19.9 Å². The predicted octanol–water partition coefficient (Wildman–Crippen LogP) is 4.45. The third-order valence-corrected chi connectivity index (χ3v) is 8.18. The average Bonchev–Trinajstić information content (AvgIpc) is 3.37. The maximum Gasteiger partial charge on any atom is 0.338 e. The molecule has 1 N–H and O–H groups in total. The number of benzene rings is 2. The molecule has 0 radical (unpaired) electrons. The minimum atomic E-state index is -2.39. The SMILES string of the molecule is Cc1cc(-n2nc3c(c2-n2ccn(-c4ccc(P(C)(C)=O)cc4)c2=O)C(C)NCC3)cc(C)c1F.Cl. The van der Waals surface area contributed by atoms with Gasteiger partial charge in [-0.05, 0) is 81.6 Å². The van der Waals surface area contributed by atoms with Gasteiger partial charge in [0, 0.05) is 42.3 Å². The van der Waals surface area contributed by atoms with Crippen LogP contribution < -0.4 is 16.3 Å². The molecular weight excluding hydrogens is 500 g/mol. The Balaban J connectivity index is 0.00000304. The number of fused-ring (bicyclic) bond motifs is 1. The standard InChI is InChI=1S/C26H29FN5O2P.ClH/c1-16-14-20(15-17(2)24(16)27)32-25(23-18(3)28-11-10-22(23)29-32)31-13-12-30(26(31)33)19-6-8-21(9-7-19)35(4,5)34;/h6-9,12-15,18,28H,10-11H2,1-5H3;1H. The van der Waals surface area contributed by atoms with Gasteiger partial charge in [0.15, 0.2) is 0 Å². The Hall–Kier alpha value is -2.93. The summed E-state index contributed by atoms with van der Waals surface area (Å²) in [5.74, 6) is 0.412. The van der Waals surface area contributed by atoms with Crippen LogP contribution in [0.15, 0.2) is 53.6 Å². The van der Waals surface area contributed by atoms with Crippen LogP contribution in [0.25, 0.3) is 17.2 Å². The molecule has 0 spiro atoms. The second-order valence-electron chi connectivity index (χ2n) is 9.60. The van der Waals surface area contributed by atoms with Gasteiger partial charge in [-0.1, -0.05) is 0 Å². The first kappa shape index (κ1) is 26.1. The Bertz CT molecular complexity index is 1520. The van der Waals surface area contributed by atoms with Crippen LogP contribution in [0.3, 0.4) is 0 Å². The summed E-state index contributed by atoms with van der Waals surface area (Å²) in [6.07, 6.45) is 4.20. The molecule has 7 nitrogen and oxygen atoms in total. The average molecular weight is 530 g/mol. The number of aromatic nitrogens is 4. The van der Waals surface area contributed by atoms with Crippen molar-refractivity contribution in [1.82, 2.24) is 24.2 Å². The predicted molar refractivity (Wildman–Crippen MR) is 144 cm³/mol. The third kappa shape index (κ3) is 4.38.